The largest absolute Gasteiger partial charge is 0.504 e. The summed E-state index contributed by atoms with van der Waals surface area (Å²) < 4.78 is 5.39. The summed E-state index contributed by atoms with van der Waals surface area (Å²) >= 11 is 0. The zero-order valence-electron chi connectivity index (χ0n) is 13.9. The van der Waals surface area contributed by atoms with Crippen molar-refractivity contribution in [1.29, 1.82) is 0 Å². The van der Waals surface area contributed by atoms with E-state index in [4.69, 9.17) is 4.74 Å². The fourth-order valence-corrected chi connectivity index (χ4v) is 4.83. The van der Waals surface area contributed by atoms with E-state index >= 15 is 0 Å². The quantitative estimate of drug-likeness (QED) is 0.862. The number of ether oxygens (including phenoxy) is 1. The highest BCUT2D eigenvalue weighted by molar-refractivity contribution is 5.50. The number of phenolic OH excluding ortho intramolecular Hbond substituents is 1. The Hall–Kier alpha value is -1.74. The number of phenols is 1. The van der Waals surface area contributed by atoms with Gasteiger partial charge in [-0.3, -0.25) is 0 Å². The van der Waals surface area contributed by atoms with Crippen molar-refractivity contribution >= 4 is 0 Å². The number of benzene rings is 1. The number of aryl methyl sites for hydroxylation is 1. The van der Waals surface area contributed by atoms with Crippen LogP contribution in [-0.4, -0.2) is 36.8 Å². The third-order valence-corrected chi connectivity index (χ3v) is 6.02. The second-order valence-corrected chi connectivity index (χ2v) is 7.13. The van der Waals surface area contributed by atoms with E-state index in [0.717, 1.165) is 13.0 Å². The SMILES string of the molecule is COc1cc2c(cc1O)CCC1C2C2C=CC=CC2CCN1C. The Labute approximate surface area is 138 Å². The van der Waals surface area contributed by atoms with Crippen LogP contribution in [0, 0.1) is 11.8 Å². The molecule has 0 amide bonds. The Morgan fingerprint density at radius 2 is 2.00 bits per heavy atom. The molecule has 1 fully saturated rings. The van der Waals surface area contributed by atoms with Crippen LogP contribution < -0.4 is 4.74 Å². The minimum Gasteiger partial charge on any atom is -0.504 e. The van der Waals surface area contributed by atoms with Gasteiger partial charge in [0.15, 0.2) is 11.5 Å². The van der Waals surface area contributed by atoms with E-state index in [2.05, 4.69) is 42.3 Å². The Balaban J connectivity index is 1.84. The number of fused-ring (bicyclic) bond motifs is 5. The predicted octanol–water partition coefficient (Wildman–Crippen LogP) is 3.49. The molecule has 1 aromatic rings. The number of methoxy groups -OCH3 is 1. The molecule has 1 N–H and O–H groups in total. The molecule has 3 nitrogen and oxygen atoms in total. The average Bonchev–Trinajstić information content (AvgIpc) is 2.72. The van der Waals surface area contributed by atoms with Crippen molar-refractivity contribution in [2.45, 2.75) is 31.2 Å². The van der Waals surface area contributed by atoms with E-state index in [1.165, 1.54) is 24.0 Å². The molecule has 1 aliphatic heterocycles. The number of hydrogen-bond donors (Lipinski definition) is 1. The number of allylic oxidation sites excluding steroid dienone is 4. The first-order chi connectivity index (χ1) is 11.2. The molecule has 3 aliphatic rings. The van der Waals surface area contributed by atoms with Crippen molar-refractivity contribution in [3.05, 3.63) is 47.6 Å². The van der Waals surface area contributed by atoms with Gasteiger partial charge in [-0.05, 0) is 68.0 Å². The zero-order chi connectivity index (χ0) is 16.0. The number of likely N-dealkylation sites (tertiary alicyclic amines) is 1. The Kier molecular flexibility index (Phi) is 3.68. The molecule has 23 heavy (non-hydrogen) atoms. The summed E-state index contributed by atoms with van der Waals surface area (Å²) in [6.45, 7) is 1.16. The first kappa shape index (κ1) is 14.8. The van der Waals surface area contributed by atoms with Gasteiger partial charge in [0, 0.05) is 12.0 Å². The number of nitrogens with zero attached hydrogens (tertiary/aromatic N) is 1. The third kappa shape index (κ3) is 2.38. The normalized spacial score (nSPS) is 32.6. The summed E-state index contributed by atoms with van der Waals surface area (Å²) in [4.78, 5) is 2.55. The Bertz CT molecular complexity index is 664. The van der Waals surface area contributed by atoms with Crippen LogP contribution in [0.5, 0.6) is 11.5 Å². The molecule has 0 bridgehead atoms. The molecule has 4 atom stereocenters. The lowest BCUT2D eigenvalue weighted by Crippen LogP contribution is -2.41. The summed E-state index contributed by atoms with van der Waals surface area (Å²) in [5.41, 5.74) is 2.67. The molecule has 1 saturated heterocycles. The van der Waals surface area contributed by atoms with Crippen molar-refractivity contribution < 1.29 is 9.84 Å². The number of aromatic hydroxyl groups is 1. The van der Waals surface area contributed by atoms with E-state index in [1.807, 2.05) is 6.07 Å². The van der Waals surface area contributed by atoms with Crippen LogP contribution in [-0.2, 0) is 6.42 Å². The number of rotatable bonds is 1. The van der Waals surface area contributed by atoms with Gasteiger partial charge in [-0.15, -0.1) is 0 Å². The minimum atomic E-state index is 0.266. The molecule has 1 heterocycles. The molecule has 1 aromatic carbocycles. The van der Waals surface area contributed by atoms with Crippen molar-refractivity contribution in [2.24, 2.45) is 11.8 Å². The van der Waals surface area contributed by atoms with Crippen molar-refractivity contribution in [3.8, 4) is 11.5 Å². The molecule has 2 aliphatic carbocycles. The topological polar surface area (TPSA) is 32.7 Å². The highest BCUT2D eigenvalue weighted by Gasteiger charge is 2.42. The van der Waals surface area contributed by atoms with Crippen LogP contribution in [0.1, 0.15) is 29.9 Å². The van der Waals surface area contributed by atoms with Gasteiger partial charge < -0.3 is 14.7 Å². The van der Waals surface area contributed by atoms with Crippen LogP contribution in [0.3, 0.4) is 0 Å². The zero-order valence-corrected chi connectivity index (χ0v) is 13.9. The molecular formula is C20H25NO2. The van der Waals surface area contributed by atoms with Gasteiger partial charge in [0.1, 0.15) is 0 Å². The molecule has 0 aromatic heterocycles. The first-order valence-corrected chi connectivity index (χ1v) is 8.64. The van der Waals surface area contributed by atoms with Crippen LogP contribution >= 0.6 is 0 Å². The highest BCUT2D eigenvalue weighted by atomic mass is 16.5. The summed E-state index contributed by atoms with van der Waals surface area (Å²) in [6.07, 6.45) is 12.6. The highest BCUT2D eigenvalue weighted by Crippen LogP contribution is 2.48. The van der Waals surface area contributed by atoms with Gasteiger partial charge in [0.2, 0.25) is 0 Å². The van der Waals surface area contributed by atoms with Crippen LogP contribution in [0.25, 0.3) is 0 Å². The molecule has 122 valence electrons. The third-order valence-electron chi connectivity index (χ3n) is 6.02. The average molecular weight is 311 g/mol. The lowest BCUT2D eigenvalue weighted by molar-refractivity contribution is 0.193. The summed E-state index contributed by atoms with van der Waals surface area (Å²) in [5, 5.41) is 10.1. The molecule has 0 saturated carbocycles. The van der Waals surface area contributed by atoms with Gasteiger partial charge in [-0.2, -0.15) is 0 Å². The second kappa shape index (κ2) is 5.72. The molecular weight excluding hydrogens is 286 g/mol. The van der Waals surface area contributed by atoms with Crippen molar-refractivity contribution in [3.63, 3.8) is 0 Å². The predicted molar refractivity (Wildman–Crippen MR) is 92.0 cm³/mol. The van der Waals surface area contributed by atoms with Gasteiger partial charge in [0.05, 0.1) is 7.11 Å². The van der Waals surface area contributed by atoms with Crippen LogP contribution in [0.2, 0.25) is 0 Å². The molecule has 4 unspecified atom stereocenters. The lowest BCUT2D eigenvalue weighted by atomic mass is 9.68. The maximum atomic E-state index is 10.1. The van der Waals surface area contributed by atoms with Crippen molar-refractivity contribution in [2.75, 3.05) is 20.7 Å². The lowest BCUT2D eigenvalue weighted by Gasteiger charge is -2.41. The van der Waals surface area contributed by atoms with E-state index < -0.39 is 0 Å². The van der Waals surface area contributed by atoms with E-state index in [1.54, 1.807) is 7.11 Å². The second-order valence-electron chi connectivity index (χ2n) is 7.13. The fourth-order valence-electron chi connectivity index (χ4n) is 4.83. The first-order valence-electron chi connectivity index (χ1n) is 8.64. The molecule has 0 radical (unpaired) electrons. The number of hydrogen-bond acceptors (Lipinski definition) is 3. The van der Waals surface area contributed by atoms with E-state index in [-0.39, 0.29) is 5.75 Å². The van der Waals surface area contributed by atoms with E-state index in [0.29, 0.717) is 29.5 Å². The monoisotopic (exact) mass is 311 g/mol. The summed E-state index contributed by atoms with van der Waals surface area (Å²) in [5.74, 6) is 2.50. The fraction of sp³-hybridized carbons (Fsp3) is 0.500. The molecule has 3 heteroatoms. The van der Waals surface area contributed by atoms with Crippen molar-refractivity contribution in [1.82, 2.24) is 4.90 Å². The minimum absolute atomic E-state index is 0.266. The van der Waals surface area contributed by atoms with Gasteiger partial charge in [-0.1, -0.05) is 24.3 Å². The van der Waals surface area contributed by atoms with E-state index in [9.17, 15) is 5.11 Å². The standard InChI is InChI=1S/C20H25NO2/c1-21-10-9-13-5-3-4-6-15(13)20-16-12-19(23-2)18(22)11-14(16)7-8-17(20)21/h3-6,11-13,15,17,20,22H,7-10H2,1-2H3. The molecule has 0 spiro atoms. The Morgan fingerprint density at radius 1 is 1.17 bits per heavy atom. The van der Waals surface area contributed by atoms with Gasteiger partial charge >= 0.3 is 0 Å². The maximum absolute atomic E-state index is 10.1. The smallest absolute Gasteiger partial charge is 0.160 e. The molecule has 4 rings (SSSR count). The van der Waals surface area contributed by atoms with Gasteiger partial charge in [-0.25, -0.2) is 0 Å². The van der Waals surface area contributed by atoms with Crippen LogP contribution in [0.15, 0.2) is 36.4 Å². The number of likely N-dealkylation sites (N-methyl/N-ethyl adjacent to an activating group) is 1. The van der Waals surface area contributed by atoms with Crippen LogP contribution in [0.4, 0.5) is 0 Å². The summed E-state index contributed by atoms with van der Waals surface area (Å²) in [7, 11) is 3.90. The summed E-state index contributed by atoms with van der Waals surface area (Å²) in [6, 6.07) is 4.58. The van der Waals surface area contributed by atoms with Gasteiger partial charge in [0.25, 0.3) is 0 Å². The maximum Gasteiger partial charge on any atom is 0.160 e. The Morgan fingerprint density at radius 3 is 2.83 bits per heavy atom.